The van der Waals surface area contributed by atoms with Crippen molar-refractivity contribution in [3.8, 4) is 0 Å². The molecule has 1 heterocycles. The van der Waals surface area contributed by atoms with Gasteiger partial charge in [-0.1, -0.05) is 19.8 Å². The van der Waals surface area contributed by atoms with Crippen LogP contribution >= 0.6 is 0 Å². The fourth-order valence-corrected chi connectivity index (χ4v) is 1.83. The van der Waals surface area contributed by atoms with E-state index < -0.39 is 5.95 Å². The minimum Gasteiger partial charge on any atom is -0.336 e. The van der Waals surface area contributed by atoms with E-state index in [1.807, 2.05) is 13.8 Å². The third kappa shape index (κ3) is 4.09. The third-order valence-electron chi connectivity index (χ3n) is 2.86. The number of amides is 1. The second-order valence-electron chi connectivity index (χ2n) is 4.67. The van der Waals surface area contributed by atoms with Crippen molar-refractivity contribution < 1.29 is 9.18 Å². The molecule has 0 aliphatic carbocycles. The summed E-state index contributed by atoms with van der Waals surface area (Å²) >= 11 is 0. The topological polar surface area (TPSA) is 33.2 Å². The van der Waals surface area contributed by atoms with Gasteiger partial charge in [0.15, 0.2) is 0 Å². The largest absolute Gasteiger partial charge is 0.336 e. The number of hydrogen-bond acceptors (Lipinski definition) is 2. The lowest BCUT2D eigenvalue weighted by atomic mass is 10.1. The summed E-state index contributed by atoms with van der Waals surface area (Å²) in [6.45, 7) is 6.79. The summed E-state index contributed by atoms with van der Waals surface area (Å²) in [5, 5.41) is 0. The van der Waals surface area contributed by atoms with Crippen LogP contribution in [0.5, 0.6) is 0 Å². The molecule has 0 aliphatic rings. The molecular weight excluding hydrogens is 231 g/mol. The van der Waals surface area contributed by atoms with Gasteiger partial charge in [0, 0.05) is 30.4 Å². The predicted octanol–water partition coefficient (Wildman–Crippen LogP) is 3.26. The van der Waals surface area contributed by atoms with Crippen LogP contribution in [0.4, 0.5) is 4.39 Å². The number of nitrogens with zero attached hydrogens (tertiary/aromatic N) is 2. The lowest BCUT2D eigenvalue weighted by Crippen LogP contribution is -2.37. The van der Waals surface area contributed by atoms with Crippen molar-refractivity contribution in [2.45, 2.75) is 46.1 Å². The van der Waals surface area contributed by atoms with Crippen molar-refractivity contribution in [2.24, 2.45) is 0 Å². The van der Waals surface area contributed by atoms with Crippen molar-refractivity contribution in [3.63, 3.8) is 0 Å². The number of hydrogen-bond donors (Lipinski definition) is 0. The highest BCUT2D eigenvalue weighted by atomic mass is 19.1. The Morgan fingerprint density at radius 3 is 2.72 bits per heavy atom. The zero-order valence-corrected chi connectivity index (χ0v) is 11.3. The van der Waals surface area contributed by atoms with E-state index in [4.69, 9.17) is 0 Å². The van der Waals surface area contributed by atoms with Gasteiger partial charge in [0.25, 0.3) is 5.91 Å². The smallest absolute Gasteiger partial charge is 0.254 e. The Morgan fingerprint density at radius 2 is 2.17 bits per heavy atom. The lowest BCUT2D eigenvalue weighted by molar-refractivity contribution is 0.0701. The summed E-state index contributed by atoms with van der Waals surface area (Å²) in [5.74, 6) is -0.736. The zero-order chi connectivity index (χ0) is 13.5. The van der Waals surface area contributed by atoms with Crippen LogP contribution in [0, 0.1) is 5.95 Å². The fourth-order valence-electron chi connectivity index (χ4n) is 1.83. The molecule has 4 heteroatoms. The van der Waals surface area contributed by atoms with Crippen LogP contribution in [-0.4, -0.2) is 28.4 Å². The van der Waals surface area contributed by atoms with Crippen LogP contribution in [-0.2, 0) is 0 Å². The summed E-state index contributed by atoms with van der Waals surface area (Å²) in [6.07, 6.45) is 4.52. The standard InChI is InChI=1S/C14H21FN2O/c1-4-5-6-9-17(11(2)3)14(18)12-7-8-16-13(15)10-12/h7-8,10-11H,4-6,9H2,1-3H3. The van der Waals surface area contributed by atoms with Crippen LogP contribution in [0.1, 0.15) is 50.4 Å². The predicted molar refractivity (Wildman–Crippen MR) is 69.9 cm³/mol. The first-order chi connectivity index (χ1) is 8.56. The third-order valence-corrected chi connectivity index (χ3v) is 2.86. The molecule has 0 unspecified atom stereocenters. The second kappa shape index (κ2) is 7.09. The van der Waals surface area contributed by atoms with E-state index in [1.165, 1.54) is 12.3 Å². The Bertz CT molecular complexity index is 393. The Labute approximate surface area is 108 Å². The molecule has 0 N–H and O–H groups in total. The number of rotatable bonds is 6. The van der Waals surface area contributed by atoms with Crippen LogP contribution in [0.2, 0.25) is 0 Å². The zero-order valence-electron chi connectivity index (χ0n) is 11.3. The number of carbonyl (C=O) groups excluding carboxylic acids is 1. The number of carbonyl (C=O) groups is 1. The highest BCUT2D eigenvalue weighted by Crippen LogP contribution is 2.10. The highest BCUT2D eigenvalue weighted by molar-refractivity contribution is 5.94. The normalized spacial score (nSPS) is 10.7. The van der Waals surface area contributed by atoms with E-state index in [1.54, 1.807) is 11.0 Å². The van der Waals surface area contributed by atoms with Gasteiger partial charge in [0.05, 0.1) is 0 Å². The van der Waals surface area contributed by atoms with Crippen molar-refractivity contribution in [1.29, 1.82) is 0 Å². The van der Waals surface area contributed by atoms with Gasteiger partial charge in [0.2, 0.25) is 5.95 Å². The Morgan fingerprint density at radius 1 is 1.44 bits per heavy atom. The molecule has 0 radical (unpaired) electrons. The molecule has 0 saturated carbocycles. The first-order valence-corrected chi connectivity index (χ1v) is 6.48. The molecule has 0 aliphatic heterocycles. The summed E-state index contributed by atoms with van der Waals surface area (Å²) in [4.78, 5) is 17.5. The van der Waals surface area contributed by atoms with E-state index in [0.717, 1.165) is 19.3 Å². The minimum atomic E-state index is -0.613. The number of unbranched alkanes of at least 4 members (excludes halogenated alkanes) is 2. The molecule has 3 nitrogen and oxygen atoms in total. The molecule has 0 fully saturated rings. The maximum Gasteiger partial charge on any atom is 0.254 e. The quantitative estimate of drug-likeness (QED) is 0.575. The molecule has 100 valence electrons. The Kier molecular flexibility index (Phi) is 5.75. The van der Waals surface area contributed by atoms with Gasteiger partial charge in [-0.2, -0.15) is 4.39 Å². The molecule has 0 spiro atoms. The molecule has 1 rings (SSSR count). The van der Waals surface area contributed by atoms with Gasteiger partial charge < -0.3 is 4.90 Å². The average molecular weight is 252 g/mol. The van der Waals surface area contributed by atoms with Gasteiger partial charge in [-0.3, -0.25) is 4.79 Å². The number of pyridine rings is 1. The van der Waals surface area contributed by atoms with Crippen molar-refractivity contribution in [2.75, 3.05) is 6.54 Å². The first-order valence-electron chi connectivity index (χ1n) is 6.48. The molecule has 1 aromatic rings. The van der Waals surface area contributed by atoms with E-state index in [9.17, 15) is 9.18 Å². The van der Waals surface area contributed by atoms with Crippen LogP contribution in [0.3, 0.4) is 0 Å². The van der Waals surface area contributed by atoms with Crippen LogP contribution < -0.4 is 0 Å². The molecule has 18 heavy (non-hydrogen) atoms. The van der Waals surface area contributed by atoms with Crippen molar-refractivity contribution in [1.82, 2.24) is 9.88 Å². The van der Waals surface area contributed by atoms with Crippen molar-refractivity contribution in [3.05, 3.63) is 29.8 Å². The molecular formula is C14H21FN2O. The van der Waals surface area contributed by atoms with E-state index >= 15 is 0 Å². The van der Waals surface area contributed by atoms with Crippen molar-refractivity contribution >= 4 is 5.91 Å². The molecule has 0 bridgehead atoms. The summed E-state index contributed by atoms with van der Waals surface area (Å²) < 4.78 is 13.0. The van der Waals surface area contributed by atoms with Gasteiger partial charge in [-0.15, -0.1) is 0 Å². The number of aromatic nitrogens is 1. The summed E-state index contributed by atoms with van der Waals surface area (Å²) in [6, 6.07) is 2.86. The summed E-state index contributed by atoms with van der Waals surface area (Å²) in [5.41, 5.74) is 0.368. The van der Waals surface area contributed by atoms with Gasteiger partial charge in [-0.25, -0.2) is 4.98 Å². The molecule has 1 aromatic heterocycles. The van der Waals surface area contributed by atoms with Crippen LogP contribution in [0.25, 0.3) is 0 Å². The molecule has 0 saturated heterocycles. The number of halogens is 1. The summed E-state index contributed by atoms with van der Waals surface area (Å²) in [7, 11) is 0. The minimum absolute atomic E-state index is 0.116. The van der Waals surface area contributed by atoms with Gasteiger partial charge in [0.1, 0.15) is 0 Å². The van der Waals surface area contributed by atoms with Crippen LogP contribution in [0.15, 0.2) is 18.3 Å². The first kappa shape index (κ1) is 14.6. The SMILES string of the molecule is CCCCCN(C(=O)c1ccnc(F)c1)C(C)C. The Hall–Kier alpha value is -1.45. The van der Waals surface area contributed by atoms with E-state index in [0.29, 0.717) is 12.1 Å². The maximum atomic E-state index is 13.0. The lowest BCUT2D eigenvalue weighted by Gasteiger charge is -2.26. The van der Waals surface area contributed by atoms with Gasteiger partial charge in [-0.05, 0) is 26.3 Å². The fraction of sp³-hybridized carbons (Fsp3) is 0.571. The second-order valence-corrected chi connectivity index (χ2v) is 4.67. The molecule has 0 aromatic carbocycles. The van der Waals surface area contributed by atoms with Gasteiger partial charge >= 0.3 is 0 Å². The molecule has 0 atom stereocenters. The Balaban J connectivity index is 2.76. The monoisotopic (exact) mass is 252 g/mol. The maximum absolute atomic E-state index is 13.0. The average Bonchev–Trinajstić information content (AvgIpc) is 2.33. The van der Waals surface area contributed by atoms with E-state index in [-0.39, 0.29) is 11.9 Å². The molecule has 1 amide bonds. The highest BCUT2D eigenvalue weighted by Gasteiger charge is 2.18. The van der Waals surface area contributed by atoms with E-state index in [2.05, 4.69) is 11.9 Å².